The van der Waals surface area contributed by atoms with E-state index in [1.807, 2.05) is 36.0 Å². The SMILES string of the molecule is CCSCCC(CCl)(CCl)c1ccccc1Cl. The van der Waals surface area contributed by atoms with Crippen LogP contribution in [0.2, 0.25) is 5.02 Å². The van der Waals surface area contributed by atoms with Gasteiger partial charge in [-0.05, 0) is 29.6 Å². The minimum atomic E-state index is -0.205. The molecule has 0 amide bonds. The van der Waals surface area contributed by atoms with Crippen molar-refractivity contribution in [3.8, 4) is 0 Å². The lowest BCUT2D eigenvalue weighted by Crippen LogP contribution is -2.31. The molecule has 1 aromatic carbocycles. The highest BCUT2D eigenvalue weighted by atomic mass is 35.5. The first-order chi connectivity index (χ1) is 8.20. The third-order valence-corrected chi connectivity index (χ3v) is 5.14. The average Bonchev–Trinajstić information content (AvgIpc) is 2.36. The van der Waals surface area contributed by atoms with Gasteiger partial charge in [-0.15, -0.1) is 23.2 Å². The van der Waals surface area contributed by atoms with Crippen LogP contribution in [-0.4, -0.2) is 23.3 Å². The third kappa shape index (κ3) is 3.96. The van der Waals surface area contributed by atoms with Crippen LogP contribution in [0.3, 0.4) is 0 Å². The van der Waals surface area contributed by atoms with E-state index in [0.717, 1.165) is 28.5 Å². The van der Waals surface area contributed by atoms with E-state index in [1.54, 1.807) is 0 Å². The lowest BCUT2D eigenvalue weighted by Gasteiger charge is -2.31. The second-order valence-corrected chi connectivity index (χ2v) is 6.31. The number of hydrogen-bond donors (Lipinski definition) is 0. The summed E-state index contributed by atoms with van der Waals surface area (Å²) in [6.45, 7) is 2.16. The highest BCUT2D eigenvalue weighted by Crippen LogP contribution is 2.36. The molecule has 96 valence electrons. The average molecular weight is 312 g/mol. The van der Waals surface area contributed by atoms with E-state index in [2.05, 4.69) is 6.92 Å². The summed E-state index contributed by atoms with van der Waals surface area (Å²) < 4.78 is 0. The summed E-state index contributed by atoms with van der Waals surface area (Å²) in [6.07, 6.45) is 0.961. The fourth-order valence-electron chi connectivity index (χ4n) is 1.75. The van der Waals surface area contributed by atoms with E-state index in [9.17, 15) is 0 Å². The summed E-state index contributed by atoms with van der Waals surface area (Å²) in [4.78, 5) is 0. The molecule has 1 aromatic rings. The molecule has 0 aliphatic heterocycles. The maximum Gasteiger partial charge on any atom is 0.0444 e. The summed E-state index contributed by atoms with van der Waals surface area (Å²) in [6, 6.07) is 7.85. The van der Waals surface area contributed by atoms with Crippen molar-refractivity contribution in [1.29, 1.82) is 0 Å². The van der Waals surface area contributed by atoms with E-state index in [-0.39, 0.29) is 5.41 Å². The fourth-order valence-corrected chi connectivity index (χ4v) is 3.75. The summed E-state index contributed by atoms with van der Waals surface area (Å²) in [5.41, 5.74) is 0.868. The van der Waals surface area contributed by atoms with Gasteiger partial charge in [0.2, 0.25) is 0 Å². The smallest absolute Gasteiger partial charge is 0.0444 e. The zero-order valence-corrected chi connectivity index (χ0v) is 13.0. The number of halogens is 3. The zero-order valence-electron chi connectivity index (χ0n) is 9.89. The van der Waals surface area contributed by atoms with Crippen molar-refractivity contribution in [2.45, 2.75) is 18.8 Å². The first kappa shape index (κ1) is 15.5. The Morgan fingerprint density at radius 3 is 2.35 bits per heavy atom. The molecule has 0 aromatic heterocycles. The predicted molar refractivity (Wildman–Crippen MR) is 82.2 cm³/mol. The molecule has 0 aliphatic carbocycles. The largest absolute Gasteiger partial charge is 0.162 e. The summed E-state index contributed by atoms with van der Waals surface area (Å²) >= 11 is 20.5. The van der Waals surface area contributed by atoms with Crippen molar-refractivity contribution in [1.82, 2.24) is 0 Å². The van der Waals surface area contributed by atoms with Crippen molar-refractivity contribution in [3.63, 3.8) is 0 Å². The molecular formula is C13H17Cl3S. The molecule has 0 heterocycles. The standard InChI is InChI=1S/C13H17Cl3S/c1-2-17-8-7-13(9-14,10-15)11-5-3-4-6-12(11)16/h3-6H,2,7-10H2,1H3. The molecule has 1 rings (SSSR count). The summed E-state index contributed by atoms with van der Waals surface area (Å²) in [5, 5.41) is 0.760. The van der Waals surface area contributed by atoms with E-state index in [0.29, 0.717) is 11.8 Å². The number of thioether (sulfide) groups is 1. The van der Waals surface area contributed by atoms with Gasteiger partial charge in [0.15, 0.2) is 0 Å². The van der Waals surface area contributed by atoms with Crippen LogP contribution in [0.4, 0.5) is 0 Å². The molecule has 0 saturated carbocycles. The molecule has 4 heteroatoms. The first-order valence-corrected chi connectivity index (χ1v) is 8.25. The summed E-state index contributed by atoms with van der Waals surface area (Å²) in [7, 11) is 0. The van der Waals surface area contributed by atoms with Gasteiger partial charge in [0.05, 0.1) is 0 Å². The second-order valence-electron chi connectivity index (χ2n) is 3.97. The van der Waals surface area contributed by atoms with E-state index in [1.165, 1.54) is 0 Å². The molecular weight excluding hydrogens is 295 g/mol. The maximum absolute atomic E-state index is 6.25. The Balaban J connectivity index is 2.94. The second kappa shape index (κ2) is 7.78. The van der Waals surface area contributed by atoms with Crippen LogP contribution < -0.4 is 0 Å². The van der Waals surface area contributed by atoms with Gasteiger partial charge in [-0.25, -0.2) is 0 Å². The molecule has 0 atom stereocenters. The highest BCUT2D eigenvalue weighted by Gasteiger charge is 2.31. The minimum Gasteiger partial charge on any atom is -0.162 e. The molecule has 0 spiro atoms. The Kier molecular flexibility index (Phi) is 7.10. The normalized spacial score (nSPS) is 11.8. The van der Waals surface area contributed by atoms with Gasteiger partial charge in [-0.2, -0.15) is 11.8 Å². The van der Waals surface area contributed by atoms with E-state index < -0.39 is 0 Å². The molecule has 0 aliphatic rings. The third-order valence-electron chi connectivity index (χ3n) is 2.89. The van der Waals surface area contributed by atoms with Crippen LogP contribution in [0.25, 0.3) is 0 Å². The van der Waals surface area contributed by atoms with Gasteiger partial charge in [-0.1, -0.05) is 36.7 Å². The maximum atomic E-state index is 6.25. The highest BCUT2D eigenvalue weighted by molar-refractivity contribution is 7.99. The lowest BCUT2D eigenvalue weighted by atomic mass is 9.81. The van der Waals surface area contributed by atoms with Crippen LogP contribution in [0, 0.1) is 0 Å². The van der Waals surface area contributed by atoms with Gasteiger partial charge >= 0.3 is 0 Å². The Bertz CT molecular complexity index is 337. The van der Waals surface area contributed by atoms with Crippen LogP contribution in [0.1, 0.15) is 18.9 Å². The van der Waals surface area contributed by atoms with Gasteiger partial charge < -0.3 is 0 Å². The number of hydrogen-bond acceptors (Lipinski definition) is 1. The Morgan fingerprint density at radius 1 is 1.18 bits per heavy atom. The monoisotopic (exact) mass is 310 g/mol. The van der Waals surface area contributed by atoms with Crippen molar-refractivity contribution in [2.24, 2.45) is 0 Å². The van der Waals surface area contributed by atoms with Crippen LogP contribution in [-0.2, 0) is 5.41 Å². The van der Waals surface area contributed by atoms with Gasteiger partial charge in [0.25, 0.3) is 0 Å². The van der Waals surface area contributed by atoms with Crippen LogP contribution in [0.15, 0.2) is 24.3 Å². The zero-order chi connectivity index (χ0) is 12.7. The number of rotatable bonds is 7. The molecule has 0 unspecified atom stereocenters. The van der Waals surface area contributed by atoms with Gasteiger partial charge in [0, 0.05) is 22.2 Å². The van der Waals surface area contributed by atoms with Gasteiger partial charge in [-0.3, -0.25) is 0 Å². The fraction of sp³-hybridized carbons (Fsp3) is 0.538. The predicted octanol–water partition coefficient (Wildman–Crippen LogP) is 5.20. The molecule has 0 fully saturated rings. The van der Waals surface area contributed by atoms with E-state index >= 15 is 0 Å². The van der Waals surface area contributed by atoms with Gasteiger partial charge in [0.1, 0.15) is 0 Å². The number of alkyl halides is 2. The Labute approximate surface area is 123 Å². The van der Waals surface area contributed by atoms with Crippen molar-refractivity contribution in [3.05, 3.63) is 34.9 Å². The Morgan fingerprint density at radius 2 is 1.82 bits per heavy atom. The molecule has 0 bridgehead atoms. The molecule has 0 radical (unpaired) electrons. The quantitative estimate of drug-likeness (QED) is 0.493. The van der Waals surface area contributed by atoms with E-state index in [4.69, 9.17) is 34.8 Å². The topological polar surface area (TPSA) is 0 Å². The minimum absolute atomic E-state index is 0.205. The summed E-state index contributed by atoms with van der Waals surface area (Å²) in [5.74, 6) is 3.18. The molecule has 0 nitrogen and oxygen atoms in total. The van der Waals surface area contributed by atoms with Crippen LogP contribution >= 0.6 is 46.6 Å². The van der Waals surface area contributed by atoms with Crippen molar-refractivity contribution in [2.75, 3.05) is 23.3 Å². The van der Waals surface area contributed by atoms with Crippen LogP contribution in [0.5, 0.6) is 0 Å². The molecule has 17 heavy (non-hydrogen) atoms. The van der Waals surface area contributed by atoms with Crippen molar-refractivity contribution >= 4 is 46.6 Å². The number of benzene rings is 1. The molecule has 0 saturated heterocycles. The lowest BCUT2D eigenvalue weighted by molar-refractivity contribution is 0.525. The first-order valence-electron chi connectivity index (χ1n) is 5.65. The van der Waals surface area contributed by atoms with Crippen molar-refractivity contribution < 1.29 is 0 Å². The Hall–Kier alpha value is 0.440. The molecule has 0 N–H and O–H groups in total.